The monoisotopic (exact) mass is 695 g/mol. The first-order valence-electron chi connectivity index (χ1n) is 15.7. The summed E-state index contributed by atoms with van der Waals surface area (Å²) in [7, 11) is 3.70. The molecule has 3 N–H and O–H groups in total. The number of hydrogen-bond acceptors (Lipinski definition) is 8. The number of benzene rings is 2. The topological polar surface area (TPSA) is 123 Å². The van der Waals surface area contributed by atoms with E-state index in [-0.39, 0.29) is 29.3 Å². The number of hydrogen-bond donors (Lipinski definition) is 3. The minimum Gasteiger partial charge on any atom is -0.379 e. The molecule has 4 atom stereocenters. The summed E-state index contributed by atoms with van der Waals surface area (Å²) in [6, 6.07) is 12.8. The molecule has 6 rings (SSSR count). The van der Waals surface area contributed by atoms with Crippen LogP contribution in [0.1, 0.15) is 52.6 Å². The van der Waals surface area contributed by atoms with Gasteiger partial charge in [0.25, 0.3) is 11.5 Å². The Balaban J connectivity index is 1.06. The van der Waals surface area contributed by atoms with E-state index in [0.717, 1.165) is 30.8 Å². The number of likely N-dealkylation sites (tertiary alicyclic amines) is 1. The van der Waals surface area contributed by atoms with E-state index in [4.69, 9.17) is 0 Å². The second-order valence-corrected chi connectivity index (χ2v) is 13.4. The number of likely N-dealkylation sites (N-methyl/N-ethyl adjacent to an activating group) is 1. The summed E-state index contributed by atoms with van der Waals surface area (Å²) in [4.78, 5) is 44.4. The molecule has 46 heavy (non-hydrogen) atoms. The highest BCUT2D eigenvalue weighted by Gasteiger charge is 2.32. The number of anilines is 2. The number of aliphatic hydroxyl groups is 1. The van der Waals surface area contributed by atoms with Crippen molar-refractivity contribution >= 4 is 39.1 Å². The van der Waals surface area contributed by atoms with Gasteiger partial charge in [-0.2, -0.15) is 5.10 Å². The zero-order valence-corrected chi connectivity index (χ0v) is 27.5. The summed E-state index contributed by atoms with van der Waals surface area (Å²) >= 11 is 3.40. The number of aromatic nitrogens is 2. The molecule has 3 aliphatic heterocycles. The number of carbonyl (C=O) groups is 2. The number of halogens is 2. The molecule has 11 nitrogen and oxygen atoms in total. The van der Waals surface area contributed by atoms with E-state index in [0.29, 0.717) is 60.3 Å². The van der Waals surface area contributed by atoms with E-state index in [1.807, 2.05) is 29.2 Å². The Morgan fingerprint density at radius 2 is 1.78 bits per heavy atom. The van der Waals surface area contributed by atoms with Crippen LogP contribution in [-0.4, -0.2) is 95.1 Å². The molecule has 244 valence electrons. The highest BCUT2D eigenvalue weighted by atomic mass is 79.9. The number of piperidine rings is 2. The van der Waals surface area contributed by atoms with Gasteiger partial charge in [0.1, 0.15) is 16.5 Å². The molecule has 3 aromatic rings. The van der Waals surface area contributed by atoms with Crippen LogP contribution < -0.4 is 21.1 Å². The number of nitrogens with one attached hydrogen (secondary N) is 2. The predicted molar refractivity (Wildman–Crippen MR) is 177 cm³/mol. The fourth-order valence-electron chi connectivity index (χ4n) is 6.83. The quantitative estimate of drug-likeness (QED) is 0.360. The van der Waals surface area contributed by atoms with Crippen LogP contribution in [0, 0.1) is 5.82 Å². The van der Waals surface area contributed by atoms with E-state index < -0.39 is 18.0 Å². The Bertz CT molecular complexity index is 1660. The number of amides is 2. The van der Waals surface area contributed by atoms with Gasteiger partial charge in [0.2, 0.25) is 5.91 Å². The maximum Gasteiger partial charge on any atom is 0.282 e. The number of piperazine rings is 1. The molecule has 0 saturated carbocycles. The van der Waals surface area contributed by atoms with Crippen LogP contribution in [0.3, 0.4) is 0 Å². The van der Waals surface area contributed by atoms with Crippen molar-refractivity contribution in [2.45, 2.75) is 43.4 Å². The first kappa shape index (κ1) is 32.1. The molecule has 3 saturated heterocycles. The van der Waals surface area contributed by atoms with Gasteiger partial charge in [-0.25, -0.2) is 9.07 Å². The Kier molecular flexibility index (Phi) is 9.44. The van der Waals surface area contributed by atoms with Crippen molar-refractivity contribution in [2.24, 2.45) is 7.05 Å². The van der Waals surface area contributed by atoms with Gasteiger partial charge < -0.3 is 30.4 Å². The molecule has 2 amide bonds. The summed E-state index contributed by atoms with van der Waals surface area (Å²) in [5, 5.41) is 19.8. The van der Waals surface area contributed by atoms with Gasteiger partial charge >= 0.3 is 0 Å². The predicted octanol–water partition coefficient (Wildman–Crippen LogP) is 2.86. The maximum absolute atomic E-state index is 14.7. The molecule has 0 spiro atoms. The van der Waals surface area contributed by atoms with Crippen molar-refractivity contribution in [3.8, 4) is 0 Å². The standard InChI is InChI=1S/C33H39BrFN7O4/c1-39-18-22(15-23(19-39)37-28-17-36-40(2)33(46)30(28)34)20-3-5-21(6-4-20)32(45)42-13-11-41(12-14-42)24-7-9-27(35)26(16-24)25-8-10-29(43)38-31(25)44/h3-7,9,16-17,22-23,25,29,37,43H,8,10-15,18-19H2,1-2H3,(H,38,44)/t22-,23+,25?,29?/m0/s1. The van der Waals surface area contributed by atoms with Crippen LogP contribution >= 0.6 is 15.9 Å². The minimum atomic E-state index is -0.889. The molecular weight excluding hydrogens is 657 g/mol. The summed E-state index contributed by atoms with van der Waals surface area (Å²) in [6.45, 7) is 3.95. The van der Waals surface area contributed by atoms with Crippen molar-refractivity contribution in [3.05, 3.63) is 86.0 Å². The minimum absolute atomic E-state index is 0.0215. The average Bonchev–Trinajstić information content (AvgIpc) is 3.05. The lowest BCUT2D eigenvalue weighted by Gasteiger charge is -2.37. The maximum atomic E-state index is 14.7. The summed E-state index contributed by atoms with van der Waals surface area (Å²) < 4.78 is 16.5. The number of rotatable bonds is 6. The lowest BCUT2D eigenvalue weighted by molar-refractivity contribution is -0.128. The third-order valence-corrected chi connectivity index (χ3v) is 10.1. The molecule has 2 aromatic carbocycles. The lowest BCUT2D eigenvalue weighted by Crippen LogP contribution is -2.49. The Labute approximate surface area is 275 Å². The van der Waals surface area contributed by atoms with E-state index in [2.05, 4.69) is 48.5 Å². The van der Waals surface area contributed by atoms with Gasteiger partial charge in [-0.3, -0.25) is 14.4 Å². The van der Waals surface area contributed by atoms with Gasteiger partial charge in [-0.05, 0) is 84.1 Å². The van der Waals surface area contributed by atoms with Crippen LogP contribution in [0.15, 0.2) is 57.9 Å². The van der Waals surface area contributed by atoms with Gasteiger partial charge in [-0.1, -0.05) is 12.1 Å². The van der Waals surface area contributed by atoms with E-state index in [9.17, 15) is 23.9 Å². The van der Waals surface area contributed by atoms with E-state index >= 15 is 0 Å². The number of nitrogens with zero attached hydrogens (tertiary/aromatic N) is 5. The van der Waals surface area contributed by atoms with Crippen LogP contribution in [0.2, 0.25) is 0 Å². The van der Waals surface area contributed by atoms with Crippen molar-refractivity contribution in [2.75, 3.05) is 56.5 Å². The van der Waals surface area contributed by atoms with Crippen molar-refractivity contribution in [3.63, 3.8) is 0 Å². The van der Waals surface area contributed by atoms with Gasteiger partial charge in [0.05, 0.1) is 17.8 Å². The second-order valence-electron chi connectivity index (χ2n) is 12.6. The van der Waals surface area contributed by atoms with Crippen molar-refractivity contribution in [1.82, 2.24) is 24.9 Å². The SMILES string of the molecule is CN1C[C@H](Nc2cnn(C)c(=O)c2Br)C[C@H](c2ccc(C(=O)N3CCN(c4ccc(F)c(C5CCC(O)NC5=O)c4)CC3)cc2)C1. The molecular formula is C33H39BrFN7O4. The van der Waals surface area contributed by atoms with Gasteiger partial charge in [0.15, 0.2) is 0 Å². The fourth-order valence-corrected chi connectivity index (χ4v) is 7.30. The third kappa shape index (κ3) is 6.81. The average molecular weight is 697 g/mol. The zero-order chi connectivity index (χ0) is 32.5. The summed E-state index contributed by atoms with van der Waals surface area (Å²) in [6.07, 6.45) is 2.41. The highest BCUT2D eigenvalue weighted by molar-refractivity contribution is 9.10. The molecule has 2 unspecified atom stereocenters. The van der Waals surface area contributed by atoms with Crippen molar-refractivity contribution in [1.29, 1.82) is 0 Å². The first-order valence-corrected chi connectivity index (χ1v) is 16.5. The smallest absolute Gasteiger partial charge is 0.282 e. The normalized spacial score (nSPS) is 24.1. The van der Waals surface area contributed by atoms with Gasteiger partial charge in [-0.15, -0.1) is 0 Å². The molecule has 0 bridgehead atoms. The Hall–Kier alpha value is -3.81. The molecule has 3 fully saturated rings. The Morgan fingerprint density at radius 1 is 1.04 bits per heavy atom. The molecule has 0 radical (unpaired) electrons. The van der Waals surface area contributed by atoms with Crippen LogP contribution in [0.25, 0.3) is 0 Å². The number of aryl methyl sites for hydroxylation is 1. The lowest BCUT2D eigenvalue weighted by atomic mass is 9.87. The van der Waals surface area contributed by atoms with E-state index in [1.54, 1.807) is 25.4 Å². The molecule has 3 aliphatic rings. The Morgan fingerprint density at radius 3 is 2.50 bits per heavy atom. The summed E-state index contributed by atoms with van der Waals surface area (Å²) in [5.41, 5.74) is 3.44. The zero-order valence-electron chi connectivity index (χ0n) is 26.0. The van der Waals surface area contributed by atoms with Crippen molar-refractivity contribution < 1.29 is 19.1 Å². The molecule has 1 aromatic heterocycles. The molecule has 4 heterocycles. The fraction of sp³-hybridized carbons (Fsp3) is 0.455. The second kappa shape index (κ2) is 13.5. The molecule has 13 heteroatoms. The number of carbonyl (C=O) groups excluding carboxylic acids is 2. The third-order valence-electron chi connectivity index (χ3n) is 9.34. The van der Waals surface area contributed by atoms with Gasteiger partial charge in [0, 0.05) is 69.2 Å². The highest BCUT2D eigenvalue weighted by Crippen LogP contribution is 2.32. The number of aliphatic hydroxyl groups excluding tert-OH is 1. The first-order chi connectivity index (χ1) is 22.1. The van der Waals surface area contributed by atoms with E-state index in [1.165, 1.54) is 10.7 Å². The van der Waals surface area contributed by atoms with Crippen LogP contribution in [-0.2, 0) is 11.8 Å². The van der Waals surface area contributed by atoms with Crippen LogP contribution in [0.5, 0.6) is 0 Å². The van der Waals surface area contributed by atoms with Crippen LogP contribution in [0.4, 0.5) is 15.8 Å². The largest absolute Gasteiger partial charge is 0.379 e. The molecule has 0 aliphatic carbocycles. The summed E-state index contributed by atoms with van der Waals surface area (Å²) in [5.74, 6) is -1.20.